The molecule has 8 heteroatoms. The summed E-state index contributed by atoms with van der Waals surface area (Å²) in [5, 5.41) is 6.62. The van der Waals surface area contributed by atoms with Crippen molar-refractivity contribution in [1.29, 1.82) is 0 Å². The summed E-state index contributed by atoms with van der Waals surface area (Å²) >= 11 is 0. The minimum Gasteiger partial charge on any atom is -0.356 e. The number of guanidine groups is 1. The molecular formula is C19H35IN4O2S. The Morgan fingerprint density at radius 2 is 1.56 bits per heavy atom. The monoisotopic (exact) mass is 510 g/mol. The lowest BCUT2D eigenvalue weighted by Crippen LogP contribution is -2.54. The quantitative estimate of drug-likeness (QED) is 0.271. The van der Waals surface area contributed by atoms with E-state index < -0.39 is 15.6 Å². The maximum atomic E-state index is 11.5. The third-order valence-electron chi connectivity index (χ3n) is 4.72. The van der Waals surface area contributed by atoms with Crippen LogP contribution in [0.25, 0.3) is 0 Å². The van der Waals surface area contributed by atoms with Crippen molar-refractivity contribution in [3.05, 3.63) is 35.9 Å². The Labute approximate surface area is 182 Å². The van der Waals surface area contributed by atoms with Crippen LogP contribution in [0, 0.1) is 0 Å². The van der Waals surface area contributed by atoms with E-state index >= 15 is 0 Å². The Hall–Kier alpha value is -0.870. The molecule has 27 heavy (non-hydrogen) atoms. The van der Waals surface area contributed by atoms with E-state index in [1.54, 1.807) is 7.05 Å². The lowest BCUT2D eigenvalue weighted by Gasteiger charge is -2.34. The molecule has 0 aliphatic heterocycles. The zero-order valence-corrected chi connectivity index (χ0v) is 20.4. The first kappa shape index (κ1) is 26.1. The Morgan fingerprint density at radius 3 is 2.00 bits per heavy atom. The van der Waals surface area contributed by atoms with Crippen molar-refractivity contribution in [2.45, 2.75) is 51.5 Å². The van der Waals surface area contributed by atoms with Crippen LogP contribution in [0.5, 0.6) is 0 Å². The summed E-state index contributed by atoms with van der Waals surface area (Å²) < 4.78 is 25.6. The smallest absolute Gasteiger partial charge is 0.209 e. The zero-order chi connectivity index (χ0) is 19.8. The van der Waals surface area contributed by atoms with Gasteiger partial charge in [-0.25, -0.2) is 13.1 Å². The van der Waals surface area contributed by atoms with E-state index in [1.165, 1.54) is 11.8 Å². The molecule has 0 heterocycles. The number of sulfonamides is 1. The van der Waals surface area contributed by atoms with Crippen molar-refractivity contribution in [3.8, 4) is 0 Å². The number of halogens is 1. The molecule has 3 N–H and O–H groups in total. The molecule has 0 radical (unpaired) electrons. The van der Waals surface area contributed by atoms with Crippen LogP contribution >= 0.6 is 24.0 Å². The average Bonchev–Trinajstić information content (AvgIpc) is 2.57. The van der Waals surface area contributed by atoms with Gasteiger partial charge in [-0.3, -0.25) is 4.99 Å². The second kappa shape index (κ2) is 11.2. The van der Waals surface area contributed by atoms with E-state index in [-0.39, 0.29) is 29.4 Å². The van der Waals surface area contributed by atoms with Gasteiger partial charge >= 0.3 is 0 Å². The summed E-state index contributed by atoms with van der Waals surface area (Å²) in [7, 11) is -1.55. The van der Waals surface area contributed by atoms with Crippen molar-refractivity contribution in [2.75, 3.05) is 26.4 Å². The predicted octanol–water partition coefficient (Wildman–Crippen LogP) is 2.86. The molecule has 6 nitrogen and oxygen atoms in total. The number of nitrogens with zero attached hydrogens (tertiary/aromatic N) is 1. The van der Waals surface area contributed by atoms with Crippen LogP contribution in [0.15, 0.2) is 35.3 Å². The first-order chi connectivity index (χ1) is 12.1. The minimum atomic E-state index is -3.27. The second-order valence-corrected chi connectivity index (χ2v) is 9.14. The highest BCUT2D eigenvalue weighted by molar-refractivity contribution is 14.0. The van der Waals surface area contributed by atoms with Crippen LogP contribution in [0.1, 0.15) is 46.1 Å². The zero-order valence-electron chi connectivity index (χ0n) is 17.3. The first-order valence-electron chi connectivity index (χ1n) is 9.06. The molecular weight excluding hydrogens is 475 g/mol. The van der Waals surface area contributed by atoms with Crippen LogP contribution < -0.4 is 15.4 Å². The molecule has 0 fully saturated rings. The van der Waals surface area contributed by atoms with E-state index in [1.807, 2.05) is 19.9 Å². The van der Waals surface area contributed by atoms with Gasteiger partial charge in [0.15, 0.2) is 5.96 Å². The van der Waals surface area contributed by atoms with E-state index in [9.17, 15) is 8.42 Å². The van der Waals surface area contributed by atoms with E-state index in [0.29, 0.717) is 12.5 Å². The Morgan fingerprint density at radius 1 is 1.04 bits per heavy atom. The number of hydrogen-bond donors (Lipinski definition) is 3. The maximum absolute atomic E-state index is 11.5. The van der Waals surface area contributed by atoms with Gasteiger partial charge in [0.05, 0.1) is 6.26 Å². The van der Waals surface area contributed by atoms with Crippen LogP contribution in [0.2, 0.25) is 0 Å². The summed E-state index contributed by atoms with van der Waals surface area (Å²) in [5.41, 5.74) is 0.725. The number of aliphatic imine (C=N–C) groups is 1. The maximum Gasteiger partial charge on any atom is 0.209 e. The lowest BCUT2D eigenvalue weighted by molar-refractivity contribution is 0.387. The largest absolute Gasteiger partial charge is 0.356 e. The fourth-order valence-electron chi connectivity index (χ4n) is 3.12. The summed E-state index contributed by atoms with van der Waals surface area (Å²) in [6.45, 7) is 9.25. The topological polar surface area (TPSA) is 82.6 Å². The second-order valence-electron chi connectivity index (χ2n) is 7.39. The van der Waals surface area contributed by atoms with Gasteiger partial charge in [0.25, 0.3) is 0 Å². The number of rotatable bonds is 9. The highest BCUT2D eigenvalue weighted by Gasteiger charge is 2.29. The summed E-state index contributed by atoms with van der Waals surface area (Å²) in [5.74, 6) is 0.663. The summed E-state index contributed by atoms with van der Waals surface area (Å²) in [6.07, 6.45) is 3.19. The van der Waals surface area contributed by atoms with Crippen molar-refractivity contribution in [1.82, 2.24) is 15.4 Å². The standard InChI is InChI=1S/C19H34N4O2S.HI/c1-7-19(8-2,16-12-10-9-11-13-16)15-22-17(20-5)21-14-18(3,4)23-26(6,24)25;/h9-13,23H,7-8,14-15H2,1-6H3,(H2,20,21,22);1H. The van der Waals surface area contributed by atoms with E-state index in [0.717, 1.165) is 19.4 Å². The molecule has 1 aromatic carbocycles. The molecule has 1 aromatic rings. The van der Waals surface area contributed by atoms with Gasteiger partial charge in [-0.2, -0.15) is 0 Å². The fourth-order valence-corrected chi connectivity index (χ4v) is 4.19. The summed E-state index contributed by atoms with van der Waals surface area (Å²) in [6, 6.07) is 10.5. The molecule has 0 atom stereocenters. The van der Waals surface area contributed by atoms with Crippen LogP contribution in [-0.2, 0) is 15.4 Å². The first-order valence-corrected chi connectivity index (χ1v) is 11.0. The fraction of sp³-hybridized carbons (Fsp3) is 0.632. The highest BCUT2D eigenvalue weighted by Crippen LogP contribution is 2.30. The van der Waals surface area contributed by atoms with Crippen LogP contribution in [-0.4, -0.2) is 46.3 Å². The number of benzene rings is 1. The molecule has 0 saturated heterocycles. The van der Waals surface area contributed by atoms with Crippen LogP contribution in [0.4, 0.5) is 0 Å². The van der Waals surface area contributed by atoms with Gasteiger partial charge in [-0.15, -0.1) is 24.0 Å². The molecule has 1 rings (SSSR count). The van der Waals surface area contributed by atoms with Crippen molar-refractivity contribution in [2.24, 2.45) is 4.99 Å². The molecule has 0 saturated carbocycles. The molecule has 0 aromatic heterocycles. The van der Waals surface area contributed by atoms with Gasteiger partial charge in [-0.1, -0.05) is 44.2 Å². The third kappa shape index (κ3) is 8.78. The number of hydrogen-bond acceptors (Lipinski definition) is 3. The highest BCUT2D eigenvalue weighted by atomic mass is 127. The van der Waals surface area contributed by atoms with Gasteiger partial charge < -0.3 is 10.6 Å². The molecule has 156 valence electrons. The summed E-state index contributed by atoms with van der Waals surface area (Å²) in [4.78, 5) is 4.27. The van der Waals surface area contributed by atoms with Crippen LogP contribution in [0.3, 0.4) is 0 Å². The lowest BCUT2D eigenvalue weighted by atomic mass is 9.76. The van der Waals surface area contributed by atoms with E-state index in [4.69, 9.17) is 0 Å². The van der Waals surface area contributed by atoms with Crippen molar-refractivity contribution in [3.63, 3.8) is 0 Å². The molecule has 0 bridgehead atoms. The molecule has 0 unspecified atom stereocenters. The average molecular weight is 510 g/mol. The molecule has 0 aliphatic rings. The predicted molar refractivity (Wildman–Crippen MR) is 126 cm³/mol. The van der Waals surface area contributed by atoms with E-state index in [2.05, 4.69) is 58.5 Å². The SMILES string of the molecule is CCC(CC)(CNC(=NC)NCC(C)(C)NS(C)(=O)=O)c1ccccc1.I. The Kier molecular flexibility index (Phi) is 10.8. The normalized spacial score (nSPS) is 13.0. The van der Waals surface area contributed by atoms with Gasteiger partial charge in [0, 0.05) is 31.1 Å². The van der Waals surface area contributed by atoms with Gasteiger partial charge in [-0.05, 0) is 32.3 Å². The molecule has 0 spiro atoms. The Bertz CT molecular complexity index is 687. The Balaban J connectivity index is 0.00000676. The molecule has 0 amide bonds. The van der Waals surface area contributed by atoms with Crippen molar-refractivity contribution < 1.29 is 8.42 Å². The van der Waals surface area contributed by atoms with Crippen molar-refractivity contribution >= 4 is 40.0 Å². The van der Waals surface area contributed by atoms with Gasteiger partial charge in [0.2, 0.25) is 10.0 Å². The number of nitrogens with one attached hydrogen (secondary N) is 3. The molecule has 0 aliphatic carbocycles. The van der Waals surface area contributed by atoms with Gasteiger partial charge in [0.1, 0.15) is 0 Å². The minimum absolute atomic E-state index is 0. The third-order valence-corrected chi connectivity index (χ3v) is 5.64.